The Kier molecular flexibility index (Phi) is 4.11. The number of aromatic nitrogens is 1. The van der Waals surface area contributed by atoms with Crippen molar-refractivity contribution in [3.63, 3.8) is 0 Å². The second-order valence-corrected chi connectivity index (χ2v) is 6.48. The molecule has 0 saturated carbocycles. The van der Waals surface area contributed by atoms with Gasteiger partial charge in [-0.2, -0.15) is 0 Å². The van der Waals surface area contributed by atoms with Crippen LogP contribution in [0, 0.1) is 0 Å². The number of carbonyl (C=O) groups is 1. The van der Waals surface area contributed by atoms with Crippen LogP contribution in [0.4, 0.5) is 5.69 Å². The molecule has 0 bridgehead atoms. The topological polar surface area (TPSA) is 68.3 Å². The van der Waals surface area contributed by atoms with E-state index in [2.05, 4.69) is 26.4 Å². The number of carbonyl (C=O) groups excluding carboxylic acids is 1. The fraction of sp³-hybridized carbons (Fsp3) is 0.0526. The zero-order chi connectivity index (χ0) is 17.2. The molecular formula is C19H13BrN2O3. The normalized spacial score (nSPS) is 10.9. The Labute approximate surface area is 151 Å². The molecule has 25 heavy (non-hydrogen) atoms. The van der Waals surface area contributed by atoms with Gasteiger partial charge in [-0.05, 0) is 36.4 Å². The van der Waals surface area contributed by atoms with Crippen molar-refractivity contribution < 1.29 is 13.7 Å². The summed E-state index contributed by atoms with van der Waals surface area (Å²) in [5, 5.41) is 7.77. The van der Waals surface area contributed by atoms with Gasteiger partial charge in [0.1, 0.15) is 5.58 Å². The van der Waals surface area contributed by atoms with E-state index in [9.17, 15) is 4.79 Å². The number of hydrogen-bond donors (Lipinski definition) is 1. The van der Waals surface area contributed by atoms with E-state index in [1.165, 1.54) is 0 Å². The number of para-hydroxylation sites is 1. The molecule has 4 rings (SSSR count). The van der Waals surface area contributed by atoms with Crippen LogP contribution >= 0.6 is 15.9 Å². The second-order valence-electron chi connectivity index (χ2n) is 5.56. The van der Waals surface area contributed by atoms with E-state index in [4.69, 9.17) is 8.94 Å². The Morgan fingerprint density at radius 1 is 1.04 bits per heavy atom. The molecule has 1 N–H and O–H groups in total. The third kappa shape index (κ3) is 3.49. The molecule has 1 amide bonds. The van der Waals surface area contributed by atoms with Crippen LogP contribution in [0.25, 0.3) is 22.5 Å². The van der Waals surface area contributed by atoms with Crippen molar-refractivity contribution in [3.05, 3.63) is 70.8 Å². The van der Waals surface area contributed by atoms with Crippen LogP contribution in [0.3, 0.4) is 0 Å². The van der Waals surface area contributed by atoms with E-state index >= 15 is 0 Å². The molecule has 5 nitrogen and oxygen atoms in total. The van der Waals surface area contributed by atoms with Gasteiger partial charge < -0.3 is 14.3 Å². The smallest absolute Gasteiger partial charge is 0.230 e. The maximum Gasteiger partial charge on any atom is 0.230 e. The molecule has 0 aliphatic carbocycles. The molecular weight excluding hydrogens is 384 g/mol. The van der Waals surface area contributed by atoms with E-state index in [1.807, 2.05) is 54.6 Å². The van der Waals surface area contributed by atoms with Crippen LogP contribution in [0.15, 0.2) is 74.1 Å². The Bertz CT molecular complexity index is 1000. The van der Waals surface area contributed by atoms with Crippen LogP contribution < -0.4 is 5.32 Å². The quantitative estimate of drug-likeness (QED) is 0.525. The van der Waals surface area contributed by atoms with Crippen LogP contribution in [0.5, 0.6) is 0 Å². The Morgan fingerprint density at radius 3 is 2.64 bits per heavy atom. The summed E-state index contributed by atoms with van der Waals surface area (Å²) >= 11 is 3.36. The molecule has 2 aromatic carbocycles. The van der Waals surface area contributed by atoms with Gasteiger partial charge in [0.15, 0.2) is 5.76 Å². The lowest BCUT2D eigenvalue weighted by Gasteiger charge is -2.03. The predicted octanol–water partition coefficient (Wildman–Crippen LogP) is 5.03. The summed E-state index contributed by atoms with van der Waals surface area (Å²) in [5.41, 5.74) is 2.06. The molecule has 0 saturated heterocycles. The summed E-state index contributed by atoms with van der Waals surface area (Å²) in [5.74, 6) is 0.933. The molecule has 0 spiro atoms. The fourth-order valence-electron chi connectivity index (χ4n) is 2.52. The number of hydrogen-bond acceptors (Lipinski definition) is 4. The molecule has 124 valence electrons. The molecule has 0 fully saturated rings. The number of nitrogens with one attached hydrogen (secondary N) is 1. The number of amides is 1. The largest absolute Gasteiger partial charge is 0.453 e. The first-order valence-electron chi connectivity index (χ1n) is 7.67. The van der Waals surface area contributed by atoms with E-state index < -0.39 is 0 Å². The minimum Gasteiger partial charge on any atom is -0.453 e. The van der Waals surface area contributed by atoms with Gasteiger partial charge in [0.2, 0.25) is 11.7 Å². The minimum absolute atomic E-state index is 0.125. The van der Waals surface area contributed by atoms with Crippen molar-refractivity contribution in [3.8, 4) is 11.5 Å². The van der Waals surface area contributed by atoms with Gasteiger partial charge >= 0.3 is 0 Å². The summed E-state index contributed by atoms with van der Waals surface area (Å²) in [4.78, 5) is 12.1. The van der Waals surface area contributed by atoms with Crippen LogP contribution in [0.2, 0.25) is 0 Å². The Morgan fingerprint density at radius 2 is 1.84 bits per heavy atom. The van der Waals surface area contributed by atoms with Crippen molar-refractivity contribution in [2.24, 2.45) is 0 Å². The lowest BCUT2D eigenvalue weighted by Crippen LogP contribution is -2.14. The molecule has 2 heterocycles. The molecule has 4 aromatic rings. The molecule has 6 heteroatoms. The van der Waals surface area contributed by atoms with Crippen LogP contribution in [0.1, 0.15) is 5.69 Å². The van der Waals surface area contributed by atoms with Crippen molar-refractivity contribution in [2.45, 2.75) is 6.42 Å². The summed E-state index contributed by atoms with van der Waals surface area (Å²) in [6.07, 6.45) is 0.125. The zero-order valence-electron chi connectivity index (χ0n) is 13.0. The Balaban J connectivity index is 1.47. The first-order valence-corrected chi connectivity index (χ1v) is 8.47. The number of fused-ring (bicyclic) bond motifs is 1. The highest BCUT2D eigenvalue weighted by atomic mass is 79.9. The van der Waals surface area contributed by atoms with Crippen molar-refractivity contribution in [1.29, 1.82) is 0 Å². The first kappa shape index (κ1) is 15.7. The molecule has 2 aromatic heterocycles. The summed E-state index contributed by atoms with van der Waals surface area (Å²) in [6, 6.07) is 18.7. The lowest BCUT2D eigenvalue weighted by molar-refractivity contribution is -0.115. The van der Waals surface area contributed by atoms with Crippen LogP contribution in [-0.4, -0.2) is 11.1 Å². The molecule has 0 atom stereocenters. The standard InChI is InChI=1S/C19H13BrN2O3/c20-13-5-7-14(8-6-13)21-19(23)11-15-10-18(25-22-15)17-9-12-3-1-2-4-16(12)24-17/h1-10H,11H2,(H,21,23). The van der Waals surface area contributed by atoms with Gasteiger partial charge in [-0.25, -0.2) is 0 Å². The van der Waals surface area contributed by atoms with Gasteiger partial charge in [-0.1, -0.05) is 39.3 Å². The molecule has 0 aliphatic heterocycles. The third-order valence-corrected chi connectivity index (χ3v) is 4.23. The second kappa shape index (κ2) is 6.57. The van der Waals surface area contributed by atoms with Crippen molar-refractivity contribution in [2.75, 3.05) is 5.32 Å². The van der Waals surface area contributed by atoms with Gasteiger partial charge in [0.05, 0.1) is 12.1 Å². The maximum absolute atomic E-state index is 12.1. The van der Waals surface area contributed by atoms with Gasteiger partial charge in [-0.3, -0.25) is 4.79 Å². The maximum atomic E-state index is 12.1. The molecule has 0 unspecified atom stereocenters. The predicted molar refractivity (Wildman–Crippen MR) is 98.2 cm³/mol. The third-order valence-electron chi connectivity index (χ3n) is 3.70. The first-order chi connectivity index (χ1) is 12.2. The number of halogens is 1. The highest BCUT2D eigenvalue weighted by molar-refractivity contribution is 9.10. The van der Waals surface area contributed by atoms with Crippen molar-refractivity contribution >= 4 is 38.5 Å². The highest BCUT2D eigenvalue weighted by Gasteiger charge is 2.14. The van der Waals surface area contributed by atoms with E-state index in [-0.39, 0.29) is 12.3 Å². The summed E-state index contributed by atoms with van der Waals surface area (Å²) < 4.78 is 12.0. The SMILES string of the molecule is O=C(Cc1cc(-c2cc3ccccc3o2)on1)Nc1ccc(Br)cc1. The van der Waals surface area contributed by atoms with E-state index in [0.717, 1.165) is 21.1 Å². The Hall–Kier alpha value is -2.86. The minimum atomic E-state index is -0.160. The summed E-state index contributed by atoms with van der Waals surface area (Å²) in [7, 11) is 0. The van der Waals surface area contributed by atoms with Gasteiger partial charge in [0.25, 0.3) is 0 Å². The monoisotopic (exact) mass is 396 g/mol. The number of nitrogens with zero attached hydrogens (tertiary/aromatic N) is 1. The number of benzene rings is 2. The van der Waals surface area contributed by atoms with E-state index in [0.29, 0.717) is 17.2 Å². The van der Waals surface area contributed by atoms with Crippen molar-refractivity contribution in [1.82, 2.24) is 5.16 Å². The van der Waals surface area contributed by atoms with Gasteiger partial charge in [0, 0.05) is 21.6 Å². The number of furan rings is 1. The zero-order valence-corrected chi connectivity index (χ0v) is 14.6. The fourth-order valence-corrected chi connectivity index (χ4v) is 2.78. The number of anilines is 1. The average Bonchev–Trinajstić information content (AvgIpc) is 3.23. The molecule has 0 radical (unpaired) electrons. The summed E-state index contributed by atoms with van der Waals surface area (Å²) in [6.45, 7) is 0. The lowest BCUT2D eigenvalue weighted by atomic mass is 10.2. The average molecular weight is 397 g/mol. The van der Waals surface area contributed by atoms with E-state index in [1.54, 1.807) is 6.07 Å². The molecule has 0 aliphatic rings. The van der Waals surface area contributed by atoms with Crippen LogP contribution in [-0.2, 0) is 11.2 Å². The van der Waals surface area contributed by atoms with Gasteiger partial charge in [-0.15, -0.1) is 0 Å². The highest BCUT2D eigenvalue weighted by Crippen LogP contribution is 2.28. The number of rotatable bonds is 4.